The molecular weight excluding hydrogens is 385 g/mol. The van der Waals surface area contributed by atoms with E-state index in [2.05, 4.69) is 20.4 Å². The van der Waals surface area contributed by atoms with Crippen LogP contribution in [0, 0.1) is 11.2 Å². The second-order valence-corrected chi connectivity index (χ2v) is 8.37. The number of hydrogen-bond donors (Lipinski definition) is 1. The predicted molar refractivity (Wildman–Crippen MR) is 107 cm³/mol. The third-order valence-corrected chi connectivity index (χ3v) is 6.27. The number of furan rings is 1. The number of fused-ring (bicyclic) bond motifs is 1. The van der Waals surface area contributed by atoms with Crippen molar-refractivity contribution in [1.29, 1.82) is 0 Å². The molecule has 1 aromatic carbocycles. The van der Waals surface area contributed by atoms with Crippen LogP contribution in [0.4, 0.5) is 4.39 Å². The van der Waals surface area contributed by atoms with Crippen LogP contribution >= 0.6 is 0 Å². The first-order chi connectivity index (χ1) is 14.6. The predicted octanol–water partition coefficient (Wildman–Crippen LogP) is 2.78. The number of hydrogen-bond acceptors (Lipinski definition) is 5. The van der Waals surface area contributed by atoms with Crippen molar-refractivity contribution < 1.29 is 13.6 Å². The van der Waals surface area contributed by atoms with Crippen molar-refractivity contribution in [3.8, 4) is 0 Å². The van der Waals surface area contributed by atoms with Gasteiger partial charge in [-0.05, 0) is 61.2 Å². The van der Waals surface area contributed by atoms with Crippen molar-refractivity contribution in [3.63, 3.8) is 0 Å². The van der Waals surface area contributed by atoms with E-state index in [4.69, 9.17) is 4.42 Å². The van der Waals surface area contributed by atoms with Crippen molar-refractivity contribution in [1.82, 2.24) is 25.0 Å². The summed E-state index contributed by atoms with van der Waals surface area (Å²) in [5.41, 5.74) is 1.13. The van der Waals surface area contributed by atoms with E-state index in [0.29, 0.717) is 18.1 Å². The second kappa shape index (κ2) is 7.68. The SMILES string of the molecule is O=C(NCc1ccco1)c1nnc2n1CC1(CCN(Cc3cccc(F)c3)CC1)C2. The van der Waals surface area contributed by atoms with E-state index in [9.17, 15) is 9.18 Å². The Bertz CT molecular complexity index is 1040. The van der Waals surface area contributed by atoms with Gasteiger partial charge in [-0.3, -0.25) is 9.69 Å². The van der Waals surface area contributed by atoms with Gasteiger partial charge in [0.15, 0.2) is 0 Å². The molecular formula is C22H24FN5O2. The number of carbonyl (C=O) groups excluding carboxylic acids is 1. The molecule has 0 unspecified atom stereocenters. The Balaban J connectivity index is 1.20. The van der Waals surface area contributed by atoms with Gasteiger partial charge in [0.1, 0.15) is 17.4 Å². The highest BCUT2D eigenvalue weighted by molar-refractivity contribution is 5.90. The molecule has 4 heterocycles. The number of piperidine rings is 1. The summed E-state index contributed by atoms with van der Waals surface area (Å²) in [5, 5.41) is 11.3. The molecule has 7 nitrogen and oxygen atoms in total. The molecule has 5 rings (SSSR count). The minimum absolute atomic E-state index is 0.125. The third kappa shape index (κ3) is 3.75. The Kier molecular flexibility index (Phi) is 4.86. The highest BCUT2D eigenvalue weighted by atomic mass is 19.1. The number of benzene rings is 1. The van der Waals surface area contributed by atoms with Gasteiger partial charge < -0.3 is 14.3 Å². The third-order valence-electron chi connectivity index (χ3n) is 6.27. The minimum Gasteiger partial charge on any atom is -0.467 e. The maximum atomic E-state index is 13.4. The van der Waals surface area contributed by atoms with Crippen LogP contribution in [0.3, 0.4) is 0 Å². The summed E-state index contributed by atoms with van der Waals surface area (Å²) < 4.78 is 20.7. The molecule has 0 aliphatic carbocycles. The van der Waals surface area contributed by atoms with E-state index in [1.807, 2.05) is 16.7 Å². The van der Waals surface area contributed by atoms with Gasteiger partial charge in [-0.15, -0.1) is 10.2 Å². The maximum absolute atomic E-state index is 13.4. The van der Waals surface area contributed by atoms with Crippen LogP contribution in [0.5, 0.6) is 0 Å². The second-order valence-electron chi connectivity index (χ2n) is 8.37. The first-order valence-electron chi connectivity index (χ1n) is 10.3. The van der Waals surface area contributed by atoms with Crippen molar-refractivity contribution in [2.45, 2.75) is 38.9 Å². The Morgan fingerprint density at radius 1 is 1.20 bits per heavy atom. The number of aromatic nitrogens is 3. The minimum atomic E-state index is -0.231. The molecule has 1 N–H and O–H groups in total. The number of amides is 1. The molecule has 0 atom stereocenters. The quantitative estimate of drug-likeness (QED) is 0.701. The molecule has 0 radical (unpaired) electrons. The average Bonchev–Trinajstić information content (AvgIpc) is 3.45. The zero-order valence-electron chi connectivity index (χ0n) is 16.7. The number of carbonyl (C=O) groups is 1. The molecule has 2 aromatic heterocycles. The maximum Gasteiger partial charge on any atom is 0.289 e. The van der Waals surface area contributed by atoms with E-state index in [0.717, 1.165) is 56.8 Å². The summed E-state index contributed by atoms with van der Waals surface area (Å²) in [6, 6.07) is 10.4. The van der Waals surface area contributed by atoms with E-state index in [-0.39, 0.29) is 17.1 Å². The number of rotatable bonds is 5. The van der Waals surface area contributed by atoms with Gasteiger partial charge >= 0.3 is 0 Å². The lowest BCUT2D eigenvalue weighted by Gasteiger charge is -2.39. The van der Waals surface area contributed by atoms with E-state index in [1.54, 1.807) is 24.5 Å². The van der Waals surface area contributed by atoms with Gasteiger partial charge in [0, 0.05) is 19.5 Å². The average molecular weight is 409 g/mol. The van der Waals surface area contributed by atoms with Gasteiger partial charge in [0.05, 0.1) is 12.8 Å². The van der Waals surface area contributed by atoms with Gasteiger partial charge in [-0.25, -0.2) is 4.39 Å². The van der Waals surface area contributed by atoms with Gasteiger partial charge in [-0.2, -0.15) is 0 Å². The molecule has 1 spiro atoms. The molecule has 2 aliphatic heterocycles. The van der Waals surface area contributed by atoms with Gasteiger partial charge in [-0.1, -0.05) is 12.1 Å². The zero-order valence-corrected chi connectivity index (χ0v) is 16.7. The highest BCUT2D eigenvalue weighted by Crippen LogP contribution is 2.41. The fourth-order valence-corrected chi connectivity index (χ4v) is 4.60. The molecule has 0 saturated carbocycles. The number of halogens is 1. The van der Waals surface area contributed by atoms with Crippen LogP contribution in [0.2, 0.25) is 0 Å². The molecule has 8 heteroatoms. The molecule has 156 valence electrons. The molecule has 2 aliphatic rings. The van der Waals surface area contributed by atoms with Crippen LogP contribution in [0.15, 0.2) is 47.1 Å². The van der Waals surface area contributed by atoms with Crippen LogP contribution in [0.25, 0.3) is 0 Å². The lowest BCUT2D eigenvalue weighted by Crippen LogP contribution is -2.41. The zero-order chi connectivity index (χ0) is 20.6. The topological polar surface area (TPSA) is 76.2 Å². The Morgan fingerprint density at radius 3 is 2.83 bits per heavy atom. The van der Waals surface area contributed by atoms with Crippen LogP contribution in [0.1, 0.15) is 40.6 Å². The summed E-state index contributed by atoms with van der Waals surface area (Å²) in [5.74, 6) is 1.54. The number of nitrogens with zero attached hydrogens (tertiary/aromatic N) is 4. The van der Waals surface area contributed by atoms with Crippen LogP contribution in [-0.4, -0.2) is 38.7 Å². The first kappa shape index (κ1) is 19.0. The number of nitrogens with one attached hydrogen (secondary N) is 1. The highest BCUT2D eigenvalue weighted by Gasteiger charge is 2.42. The van der Waals surface area contributed by atoms with E-state index < -0.39 is 0 Å². The Labute approximate surface area is 173 Å². The molecule has 1 fully saturated rings. The molecule has 30 heavy (non-hydrogen) atoms. The summed E-state index contributed by atoms with van der Waals surface area (Å²) >= 11 is 0. The Morgan fingerprint density at radius 2 is 2.07 bits per heavy atom. The fraction of sp³-hybridized carbons (Fsp3) is 0.409. The summed E-state index contributed by atoms with van der Waals surface area (Å²) in [6.07, 6.45) is 4.48. The number of likely N-dealkylation sites (tertiary alicyclic amines) is 1. The standard InChI is InChI=1S/C22H24FN5O2/c23-17-4-1-3-16(11-17)14-27-8-6-22(7-9-27)12-19-25-26-20(28(19)15-22)21(29)24-13-18-5-2-10-30-18/h1-5,10-11H,6-9,12-15H2,(H,24,29). The van der Waals surface area contributed by atoms with Crippen LogP contribution in [-0.2, 0) is 26.1 Å². The lowest BCUT2D eigenvalue weighted by molar-refractivity contribution is 0.0897. The molecule has 1 amide bonds. The smallest absolute Gasteiger partial charge is 0.289 e. The van der Waals surface area contributed by atoms with Crippen LogP contribution < -0.4 is 5.32 Å². The normalized spacial score (nSPS) is 17.9. The van der Waals surface area contributed by atoms with Crippen molar-refractivity contribution in [3.05, 3.63) is 71.5 Å². The van der Waals surface area contributed by atoms with E-state index >= 15 is 0 Å². The monoisotopic (exact) mass is 409 g/mol. The lowest BCUT2D eigenvalue weighted by atomic mass is 9.77. The van der Waals surface area contributed by atoms with Crippen molar-refractivity contribution >= 4 is 5.91 Å². The summed E-state index contributed by atoms with van der Waals surface area (Å²) in [6.45, 7) is 3.77. The molecule has 0 bridgehead atoms. The Hall–Kier alpha value is -3.00. The van der Waals surface area contributed by atoms with E-state index in [1.165, 1.54) is 6.07 Å². The van der Waals surface area contributed by atoms with Gasteiger partial charge in [0.25, 0.3) is 5.91 Å². The van der Waals surface area contributed by atoms with Gasteiger partial charge in [0.2, 0.25) is 5.82 Å². The molecule has 1 saturated heterocycles. The first-order valence-corrected chi connectivity index (χ1v) is 10.3. The van der Waals surface area contributed by atoms with Crippen molar-refractivity contribution in [2.24, 2.45) is 5.41 Å². The van der Waals surface area contributed by atoms with Crippen molar-refractivity contribution in [2.75, 3.05) is 13.1 Å². The fourth-order valence-electron chi connectivity index (χ4n) is 4.60. The largest absolute Gasteiger partial charge is 0.467 e. The summed E-state index contributed by atoms with van der Waals surface area (Å²) in [7, 11) is 0. The summed E-state index contributed by atoms with van der Waals surface area (Å²) in [4.78, 5) is 15.0. The molecule has 3 aromatic rings.